The molecule has 0 bridgehead atoms. The fraction of sp³-hybridized carbons (Fsp3) is 0.619. The Balaban J connectivity index is 1.48. The van der Waals surface area contributed by atoms with E-state index in [0.29, 0.717) is 38.1 Å². The standard InChI is InChI=1S/C21H30N2O4/c1-27-19-8-3-2-5-14(19)10-12-20(25)23-17-13-15(9-11-18(17)24)21(26)22-16-6-4-7-16/h2-3,5,8,15-18,24H,4,6-7,9-13H2,1H3,(H,22,26)(H,23,25)/t15-,17+,18+/m0/s1. The molecule has 2 fully saturated rings. The number of aliphatic hydroxyl groups excluding tert-OH is 1. The van der Waals surface area contributed by atoms with Gasteiger partial charge in [-0.05, 0) is 56.6 Å². The number of aryl methyl sites for hydroxylation is 1. The second-order valence-electron chi connectivity index (χ2n) is 7.70. The van der Waals surface area contributed by atoms with Crippen molar-refractivity contribution in [3.05, 3.63) is 29.8 Å². The van der Waals surface area contributed by atoms with E-state index in [-0.39, 0.29) is 23.8 Å². The lowest BCUT2D eigenvalue weighted by molar-refractivity contribution is -0.130. The third-order valence-corrected chi connectivity index (χ3v) is 5.80. The van der Waals surface area contributed by atoms with Crippen molar-refractivity contribution >= 4 is 11.8 Å². The number of aliphatic hydroxyl groups is 1. The molecule has 27 heavy (non-hydrogen) atoms. The molecule has 0 aromatic heterocycles. The zero-order chi connectivity index (χ0) is 19.2. The second kappa shape index (κ2) is 9.22. The molecule has 0 unspecified atom stereocenters. The van der Waals surface area contributed by atoms with Crippen LogP contribution in [0.1, 0.15) is 50.5 Å². The summed E-state index contributed by atoms with van der Waals surface area (Å²) < 4.78 is 5.31. The third kappa shape index (κ3) is 5.22. The van der Waals surface area contributed by atoms with Crippen LogP contribution in [0.25, 0.3) is 0 Å². The minimum absolute atomic E-state index is 0.0693. The average molecular weight is 374 g/mol. The van der Waals surface area contributed by atoms with Crippen molar-refractivity contribution in [1.82, 2.24) is 10.6 Å². The Kier molecular flexibility index (Phi) is 6.72. The van der Waals surface area contributed by atoms with Gasteiger partial charge in [0.05, 0.1) is 19.3 Å². The minimum atomic E-state index is -0.590. The van der Waals surface area contributed by atoms with E-state index in [2.05, 4.69) is 10.6 Å². The molecular formula is C21H30N2O4. The van der Waals surface area contributed by atoms with Crippen LogP contribution in [0.15, 0.2) is 24.3 Å². The second-order valence-corrected chi connectivity index (χ2v) is 7.70. The predicted molar refractivity (Wildman–Crippen MR) is 102 cm³/mol. The molecule has 0 aliphatic heterocycles. The van der Waals surface area contributed by atoms with Gasteiger partial charge in [0.1, 0.15) is 5.75 Å². The minimum Gasteiger partial charge on any atom is -0.496 e. The van der Waals surface area contributed by atoms with Crippen molar-refractivity contribution in [1.29, 1.82) is 0 Å². The summed E-state index contributed by atoms with van der Waals surface area (Å²) in [7, 11) is 1.62. The number of hydrogen-bond acceptors (Lipinski definition) is 4. The summed E-state index contributed by atoms with van der Waals surface area (Å²) in [6, 6.07) is 7.60. The largest absolute Gasteiger partial charge is 0.496 e. The zero-order valence-corrected chi connectivity index (χ0v) is 15.9. The van der Waals surface area contributed by atoms with Crippen molar-refractivity contribution in [2.75, 3.05) is 7.11 Å². The molecule has 1 aromatic carbocycles. The van der Waals surface area contributed by atoms with Crippen LogP contribution in [0.2, 0.25) is 0 Å². The van der Waals surface area contributed by atoms with Gasteiger partial charge in [-0.2, -0.15) is 0 Å². The molecule has 3 rings (SSSR count). The fourth-order valence-electron chi connectivity index (χ4n) is 3.86. The van der Waals surface area contributed by atoms with Crippen LogP contribution in [0.4, 0.5) is 0 Å². The number of nitrogens with one attached hydrogen (secondary N) is 2. The normalized spacial score (nSPS) is 25.3. The van der Waals surface area contributed by atoms with E-state index in [1.165, 1.54) is 6.42 Å². The molecule has 0 saturated heterocycles. The molecule has 6 heteroatoms. The van der Waals surface area contributed by atoms with Gasteiger partial charge in [-0.1, -0.05) is 18.2 Å². The molecule has 148 valence electrons. The number of amides is 2. The molecule has 2 saturated carbocycles. The van der Waals surface area contributed by atoms with E-state index in [0.717, 1.165) is 24.2 Å². The molecule has 0 heterocycles. The molecule has 2 aliphatic rings. The number of methoxy groups -OCH3 is 1. The highest BCUT2D eigenvalue weighted by Crippen LogP contribution is 2.27. The Labute approximate surface area is 160 Å². The van der Waals surface area contributed by atoms with Crippen molar-refractivity contribution in [2.45, 2.75) is 69.6 Å². The zero-order valence-electron chi connectivity index (χ0n) is 15.9. The smallest absolute Gasteiger partial charge is 0.223 e. The molecule has 3 N–H and O–H groups in total. The lowest BCUT2D eigenvalue weighted by Crippen LogP contribution is -2.51. The number of para-hydroxylation sites is 1. The van der Waals surface area contributed by atoms with Crippen LogP contribution in [0.5, 0.6) is 5.75 Å². The van der Waals surface area contributed by atoms with E-state index in [9.17, 15) is 14.7 Å². The summed E-state index contributed by atoms with van der Waals surface area (Å²) in [5.41, 5.74) is 0.983. The summed E-state index contributed by atoms with van der Waals surface area (Å²) in [5, 5.41) is 16.3. The van der Waals surface area contributed by atoms with Crippen LogP contribution < -0.4 is 15.4 Å². The number of carbonyl (C=O) groups is 2. The Morgan fingerprint density at radius 2 is 1.93 bits per heavy atom. The summed E-state index contributed by atoms with van der Waals surface area (Å²) in [5.74, 6) is 0.606. The van der Waals surface area contributed by atoms with Gasteiger partial charge in [0.15, 0.2) is 0 Å². The lowest BCUT2D eigenvalue weighted by Gasteiger charge is -2.35. The maximum Gasteiger partial charge on any atom is 0.223 e. The first-order valence-corrected chi connectivity index (χ1v) is 9.96. The number of carbonyl (C=O) groups excluding carboxylic acids is 2. The molecule has 1 aromatic rings. The number of benzene rings is 1. The predicted octanol–water partition coefficient (Wildman–Crippen LogP) is 1.94. The summed E-state index contributed by atoms with van der Waals surface area (Å²) in [4.78, 5) is 24.8. The number of hydrogen-bond donors (Lipinski definition) is 3. The number of ether oxygens (including phenoxy) is 1. The quantitative estimate of drug-likeness (QED) is 0.681. The highest BCUT2D eigenvalue weighted by molar-refractivity contribution is 5.80. The van der Waals surface area contributed by atoms with Crippen LogP contribution >= 0.6 is 0 Å². The monoisotopic (exact) mass is 374 g/mol. The van der Waals surface area contributed by atoms with Crippen LogP contribution in [-0.4, -0.2) is 42.2 Å². The molecule has 0 spiro atoms. The third-order valence-electron chi connectivity index (χ3n) is 5.80. The van der Waals surface area contributed by atoms with E-state index < -0.39 is 6.10 Å². The Morgan fingerprint density at radius 3 is 2.63 bits per heavy atom. The topological polar surface area (TPSA) is 87.7 Å². The molecule has 2 aliphatic carbocycles. The van der Waals surface area contributed by atoms with E-state index in [1.807, 2.05) is 24.3 Å². The molecule has 2 amide bonds. The van der Waals surface area contributed by atoms with Gasteiger partial charge in [0, 0.05) is 18.4 Å². The van der Waals surface area contributed by atoms with Crippen molar-refractivity contribution in [3.8, 4) is 5.75 Å². The Bertz CT molecular complexity index is 659. The molecule has 6 nitrogen and oxygen atoms in total. The molecule has 0 radical (unpaired) electrons. The molecule has 3 atom stereocenters. The van der Waals surface area contributed by atoms with Gasteiger partial charge in [-0.25, -0.2) is 0 Å². The van der Waals surface area contributed by atoms with Gasteiger partial charge < -0.3 is 20.5 Å². The van der Waals surface area contributed by atoms with Crippen molar-refractivity contribution < 1.29 is 19.4 Å². The summed E-state index contributed by atoms with van der Waals surface area (Å²) in [6.07, 6.45) is 5.32. The van der Waals surface area contributed by atoms with Gasteiger partial charge in [0.2, 0.25) is 11.8 Å². The van der Waals surface area contributed by atoms with Gasteiger partial charge in [0.25, 0.3) is 0 Å². The molecular weight excluding hydrogens is 344 g/mol. The average Bonchev–Trinajstić information content (AvgIpc) is 2.64. The van der Waals surface area contributed by atoms with Crippen molar-refractivity contribution in [2.24, 2.45) is 5.92 Å². The van der Waals surface area contributed by atoms with Crippen LogP contribution in [-0.2, 0) is 16.0 Å². The maximum atomic E-state index is 12.4. The first kappa shape index (κ1) is 19.7. The van der Waals surface area contributed by atoms with E-state index >= 15 is 0 Å². The van der Waals surface area contributed by atoms with Crippen LogP contribution in [0, 0.1) is 5.92 Å². The van der Waals surface area contributed by atoms with Gasteiger partial charge >= 0.3 is 0 Å². The van der Waals surface area contributed by atoms with E-state index in [1.54, 1.807) is 7.11 Å². The van der Waals surface area contributed by atoms with Crippen LogP contribution in [0.3, 0.4) is 0 Å². The first-order chi connectivity index (χ1) is 13.1. The number of rotatable bonds is 7. The van der Waals surface area contributed by atoms with E-state index in [4.69, 9.17) is 4.74 Å². The van der Waals surface area contributed by atoms with Gasteiger partial charge in [-0.15, -0.1) is 0 Å². The highest BCUT2D eigenvalue weighted by atomic mass is 16.5. The fourth-order valence-corrected chi connectivity index (χ4v) is 3.86. The highest BCUT2D eigenvalue weighted by Gasteiger charge is 2.34. The van der Waals surface area contributed by atoms with Crippen molar-refractivity contribution in [3.63, 3.8) is 0 Å². The Morgan fingerprint density at radius 1 is 1.15 bits per heavy atom. The van der Waals surface area contributed by atoms with Gasteiger partial charge in [-0.3, -0.25) is 9.59 Å². The SMILES string of the molecule is COc1ccccc1CCC(=O)N[C@@H]1C[C@@H](C(=O)NC2CCC2)CC[C@H]1O. The first-order valence-electron chi connectivity index (χ1n) is 9.96. The summed E-state index contributed by atoms with van der Waals surface area (Å²) >= 11 is 0. The lowest BCUT2D eigenvalue weighted by atomic mass is 9.82. The summed E-state index contributed by atoms with van der Waals surface area (Å²) in [6.45, 7) is 0. The Hall–Kier alpha value is -2.08. The maximum absolute atomic E-state index is 12.4.